The molecule has 0 aliphatic rings. The van der Waals surface area contributed by atoms with Crippen LogP contribution in [-0.2, 0) is 16.1 Å². The largest absolute Gasteiger partial charge is 0.496 e. The smallest absolute Gasteiger partial charge is 0.331 e. The highest BCUT2D eigenvalue weighted by Crippen LogP contribution is 2.20. The van der Waals surface area contributed by atoms with Crippen LogP contribution in [0.1, 0.15) is 11.1 Å². The monoisotopic (exact) mass is 313 g/mol. The first-order valence-electron chi connectivity index (χ1n) is 6.82. The number of esters is 1. The second kappa shape index (κ2) is 7.74. The van der Waals surface area contributed by atoms with Crippen LogP contribution in [0.3, 0.4) is 0 Å². The van der Waals surface area contributed by atoms with Crippen molar-refractivity contribution < 1.29 is 19.2 Å². The molecule has 2 aromatic carbocycles. The Bertz CT molecular complexity index is 739. The average Bonchev–Trinajstić information content (AvgIpc) is 2.58. The SMILES string of the molecule is COc1ccccc1/C=C/C(=O)OCc1ccccc1[N+](=O)[O-]. The Hall–Kier alpha value is -3.15. The molecule has 23 heavy (non-hydrogen) atoms. The van der Waals surface area contributed by atoms with Gasteiger partial charge >= 0.3 is 5.97 Å². The van der Waals surface area contributed by atoms with Gasteiger partial charge in [0.2, 0.25) is 0 Å². The van der Waals surface area contributed by atoms with E-state index in [-0.39, 0.29) is 12.3 Å². The lowest BCUT2D eigenvalue weighted by Crippen LogP contribution is -2.03. The Morgan fingerprint density at radius 3 is 2.61 bits per heavy atom. The van der Waals surface area contributed by atoms with Gasteiger partial charge in [-0.1, -0.05) is 30.3 Å². The summed E-state index contributed by atoms with van der Waals surface area (Å²) in [7, 11) is 1.54. The summed E-state index contributed by atoms with van der Waals surface area (Å²) in [5, 5.41) is 10.9. The maximum absolute atomic E-state index is 11.8. The van der Waals surface area contributed by atoms with Gasteiger partial charge < -0.3 is 9.47 Å². The van der Waals surface area contributed by atoms with E-state index in [1.54, 1.807) is 43.5 Å². The molecule has 0 aliphatic carbocycles. The maximum Gasteiger partial charge on any atom is 0.331 e. The number of carbonyl (C=O) groups excluding carboxylic acids is 1. The number of carbonyl (C=O) groups is 1. The van der Waals surface area contributed by atoms with Crippen molar-refractivity contribution in [3.63, 3.8) is 0 Å². The summed E-state index contributed by atoms with van der Waals surface area (Å²) in [6, 6.07) is 13.3. The van der Waals surface area contributed by atoms with Gasteiger partial charge in [0, 0.05) is 17.7 Å². The summed E-state index contributed by atoms with van der Waals surface area (Å²) in [6.45, 7) is -0.160. The molecule has 0 spiro atoms. The van der Waals surface area contributed by atoms with Crippen LogP contribution < -0.4 is 4.74 Å². The van der Waals surface area contributed by atoms with Crippen LogP contribution in [-0.4, -0.2) is 18.0 Å². The van der Waals surface area contributed by atoms with Gasteiger partial charge in [-0.3, -0.25) is 10.1 Å². The average molecular weight is 313 g/mol. The molecule has 2 rings (SSSR count). The van der Waals surface area contributed by atoms with E-state index in [0.29, 0.717) is 11.3 Å². The summed E-state index contributed by atoms with van der Waals surface area (Å²) in [5.41, 5.74) is 1.00. The lowest BCUT2D eigenvalue weighted by molar-refractivity contribution is -0.385. The minimum atomic E-state index is -0.589. The Labute approximate surface area is 133 Å². The predicted molar refractivity (Wildman–Crippen MR) is 84.9 cm³/mol. The quantitative estimate of drug-likeness (QED) is 0.353. The molecule has 6 heteroatoms. The minimum Gasteiger partial charge on any atom is -0.496 e. The van der Waals surface area contributed by atoms with E-state index in [9.17, 15) is 14.9 Å². The number of nitro benzene ring substituents is 1. The molecular weight excluding hydrogens is 298 g/mol. The van der Waals surface area contributed by atoms with Crippen LogP contribution in [0, 0.1) is 10.1 Å². The zero-order valence-electron chi connectivity index (χ0n) is 12.5. The number of ether oxygens (including phenoxy) is 2. The molecular formula is C17H15NO5. The lowest BCUT2D eigenvalue weighted by Gasteiger charge is -2.04. The molecule has 0 radical (unpaired) electrons. The van der Waals surface area contributed by atoms with Crippen molar-refractivity contribution in [2.75, 3.05) is 7.11 Å². The fraction of sp³-hybridized carbons (Fsp3) is 0.118. The van der Waals surface area contributed by atoms with E-state index >= 15 is 0 Å². The van der Waals surface area contributed by atoms with Gasteiger partial charge in [0.15, 0.2) is 0 Å². The molecule has 0 saturated heterocycles. The van der Waals surface area contributed by atoms with Crippen LogP contribution in [0.5, 0.6) is 5.75 Å². The van der Waals surface area contributed by atoms with Crippen molar-refractivity contribution in [1.82, 2.24) is 0 Å². The summed E-state index contributed by atoms with van der Waals surface area (Å²) in [4.78, 5) is 22.1. The number of nitrogens with zero attached hydrogens (tertiary/aromatic N) is 1. The third kappa shape index (κ3) is 4.41. The molecule has 2 aromatic rings. The second-order valence-corrected chi connectivity index (χ2v) is 4.57. The molecule has 0 aromatic heterocycles. The molecule has 0 unspecified atom stereocenters. The van der Waals surface area contributed by atoms with Crippen molar-refractivity contribution in [1.29, 1.82) is 0 Å². The fourth-order valence-electron chi connectivity index (χ4n) is 1.97. The third-order valence-electron chi connectivity index (χ3n) is 3.10. The van der Waals surface area contributed by atoms with Gasteiger partial charge in [-0.2, -0.15) is 0 Å². The molecule has 0 atom stereocenters. The van der Waals surface area contributed by atoms with E-state index in [1.165, 1.54) is 12.1 Å². The van der Waals surface area contributed by atoms with Gasteiger partial charge in [-0.05, 0) is 18.2 Å². The molecule has 118 valence electrons. The highest BCUT2D eigenvalue weighted by atomic mass is 16.6. The summed E-state index contributed by atoms with van der Waals surface area (Å²) in [5.74, 6) is 0.0457. The van der Waals surface area contributed by atoms with E-state index in [0.717, 1.165) is 5.56 Å². The lowest BCUT2D eigenvalue weighted by atomic mass is 10.2. The van der Waals surface area contributed by atoms with Crippen molar-refractivity contribution in [2.45, 2.75) is 6.61 Å². The van der Waals surface area contributed by atoms with Gasteiger partial charge in [-0.15, -0.1) is 0 Å². The fourth-order valence-corrected chi connectivity index (χ4v) is 1.97. The van der Waals surface area contributed by atoms with Crippen LogP contribution >= 0.6 is 0 Å². The Morgan fingerprint density at radius 2 is 1.87 bits per heavy atom. The zero-order valence-corrected chi connectivity index (χ0v) is 12.5. The van der Waals surface area contributed by atoms with Crippen molar-refractivity contribution in [3.05, 3.63) is 75.8 Å². The molecule has 0 saturated carbocycles. The predicted octanol–water partition coefficient (Wildman–Crippen LogP) is 3.36. The molecule has 0 heterocycles. The highest BCUT2D eigenvalue weighted by Gasteiger charge is 2.13. The van der Waals surface area contributed by atoms with Crippen LogP contribution in [0.2, 0.25) is 0 Å². The van der Waals surface area contributed by atoms with E-state index in [4.69, 9.17) is 9.47 Å². The van der Waals surface area contributed by atoms with Gasteiger partial charge in [-0.25, -0.2) is 4.79 Å². The van der Waals surface area contributed by atoms with Crippen LogP contribution in [0.15, 0.2) is 54.6 Å². The van der Waals surface area contributed by atoms with E-state index in [2.05, 4.69) is 0 Å². The van der Waals surface area contributed by atoms with Crippen LogP contribution in [0.4, 0.5) is 5.69 Å². The molecule has 0 amide bonds. The van der Waals surface area contributed by atoms with Crippen LogP contribution in [0.25, 0.3) is 6.08 Å². The van der Waals surface area contributed by atoms with Crippen molar-refractivity contribution in [3.8, 4) is 5.75 Å². The summed E-state index contributed by atoms with van der Waals surface area (Å²) >= 11 is 0. The molecule has 0 bridgehead atoms. The molecule has 6 nitrogen and oxygen atoms in total. The zero-order chi connectivity index (χ0) is 16.7. The first kappa shape index (κ1) is 16.2. The Balaban J connectivity index is 2.01. The van der Waals surface area contributed by atoms with E-state index < -0.39 is 10.9 Å². The Kier molecular flexibility index (Phi) is 5.46. The molecule has 0 fully saturated rings. The molecule has 0 N–H and O–H groups in total. The standard InChI is InChI=1S/C17H15NO5/c1-22-16-9-5-3-6-13(16)10-11-17(19)23-12-14-7-2-4-8-15(14)18(20)21/h2-11H,12H2,1H3/b11-10+. The van der Waals surface area contributed by atoms with Gasteiger partial charge in [0.25, 0.3) is 5.69 Å². The van der Waals surface area contributed by atoms with Gasteiger partial charge in [0.05, 0.1) is 17.6 Å². The van der Waals surface area contributed by atoms with Crippen molar-refractivity contribution >= 4 is 17.7 Å². The summed E-state index contributed by atoms with van der Waals surface area (Å²) < 4.78 is 10.2. The number of methoxy groups -OCH3 is 1. The normalized spacial score (nSPS) is 10.5. The minimum absolute atomic E-state index is 0.0750. The number of benzene rings is 2. The maximum atomic E-state index is 11.8. The number of nitro groups is 1. The first-order chi connectivity index (χ1) is 11.1. The van der Waals surface area contributed by atoms with E-state index in [1.807, 2.05) is 12.1 Å². The summed E-state index contributed by atoms with van der Waals surface area (Å²) in [6.07, 6.45) is 2.83. The number of hydrogen-bond donors (Lipinski definition) is 0. The third-order valence-corrected chi connectivity index (χ3v) is 3.10. The highest BCUT2D eigenvalue weighted by molar-refractivity contribution is 5.87. The molecule has 0 aliphatic heterocycles. The van der Waals surface area contributed by atoms with Gasteiger partial charge in [0.1, 0.15) is 12.4 Å². The second-order valence-electron chi connectivity index (χ2n) is 4.57. The Morgan fingerprint density at radius 1 is 1.17 bits per heavy atom. The number of hydrogen-bond acceptors (Lipinski definition) is 5. The number of para-hydroxylation sites is 2. The first-order valence-corrected chi connectivity index (χ1v) is 6.82. The number of rotatable bonds is 6. The van der Waals surface area contributed by atoms with Crippen molar-refractivity contribution in [2.24, 2.45) is 0 Å². The topological polar surface area (TPSA) is 78.7 Å².